The van der Waals surface area contributed by atoms with Crippen molar-refractivity contribution in [3.8, 4) is 0 Å². The Kier molecular flexibility index (Phi) is 6.49. The van der Waals surface area contributed by atoms with E-state index in [-0.39, 0.29) is 17.0 Å². The lowest BCUT2D eigenvalue weighted by Gasteiger charge is -2.10. The predicted molar refractivity (Wildman–Crippen MR) is 111 cm³/mol. The molecule has 2 amide bonds. The van der Waals surface area contributed by atoms with Crippen LogP contribution < -0.4 is 10.0 Å². The number of hydrogen-bond acceptors (Lipinski definition) is 4. The quantitative estimate of drug-likeness (QED) is 0.602. The average molecular weight is 447 g/mol. The molecule has 0 radical (unpaired) electrons. The molecular weight excluding hydrogens is 431 g/mol. The highest BCUT2D eigenvalue weighted by molar-refractivity contribution is 7.90. The second kappa shape index (κ2) is 9.06. The van der Waals surface area contributed by atoms with E-state index in [2.05, 4.69) is 5.32 Å². The Balaban J connectivity index is 1.71. The van der Waals surface area contributed by atoms with Crippen molar-refractivity contribution >= 4 is 39.1 Å². The normalized spacial score (nSPS) is 11.0. The van der Waals surface area contributed by atoms with E-state index >= 15 is 0 Å². The minimum atomic E-state index is -4.18. The molecule has 2 N–H and O–H groups in total. The van der Waals surface area contributed by atoms with Crippen LogP contribution >= 0.6 is 11.6 Å². The lowest BCUT2D eigenvalue weighted by molar-refractivity contribution is -0.118. The third-order valence-electron chi connectivity index (χ3n) is 4.01. The monoisotopic (exact) mass is 446 g/mol. The molecule has 0 unspecified atom stereocenters. The molecule has 0 aliphatic carbocycles. The number of sulfonamides is 1. The van der Waals surface area contributed by atoms with Gasteiger partial charge in [-0.3, -0.25) is 9.59 Å². The van der Waals surface area contributed by atoms with Gasteiger partial charge >= 0.3 is 0 Å². The van der Waals surface area contributed by atoms with E-state index in [0.717, 1.165) is 6.07 Å². The molecule has 0 atom stereocenters. The van der Waals surface area contributed by atoms with Gasteiger partial charge in [-0.15, -0.1) is 0 Å². The second-order valence-corrected chi connectivity index (χ2v) is 8.44. The SMILES string of the molecule is O=C(Cc1cccc(F)c1)NS(=O)(=O)c1cccc(NC(=O)c2ccc(Cl)cc2)c1. The molecule has 154 valence electrons. The molecule has 0 bridgehead atoms. The van der Waals surface area contributed by atoms with Crippen molar-refractivity contribution in [2.45, 2.75) is 11.3 Å². The molecule has 6 nitrogen and oxygen atoms in total. The van der Waals surface area contributed by atoms with Crippen LogP contribution in [-0.4, -0.2) is 20.2 Å². The fourth-order valence-corrected chi connectivity index (χ4v) is 3.78. The fraction of sp³-hybridized carbons (Fsp3) is 0.0476. The second-order valence-electron chi connectivity index (χ2n) is 6.32. The highest BCUT2D eigenvalue weighted by Crippen LogP contribution is 2.17. The molecule has 0 saturated heterocycles. The Hall–Kier alpha value is -3.23. The lowest BCUT2D eigenvalue weighted by Crippen LogP contribution is -2.31. The summed E-state index contributed by atoms with van der Waals surface area (Å²) in [5.41, 5.74) is 0.915. The first-order valence-electron chi connectivity index (χ1n) is 8.70. The largest absolute Gasteiger partial charge is 0.322 e. The minimum absolute atomic E-state index is 0.205. The summed E-state index contributed by atoms with van der Waals surface area (Å²) in [6.07, 6.45) is -0.302. The van der Waals surface area contributed by atoms with Gasteiger partial charge in [-0.25, -0.2) is 17.5 Å². The predicted octanol–water partition coefficient (Wildman–Crippen LogP) is 3.78. The van der Waals surface area contributed by atoms with E-state index in [1.807, 2.05) is 4.72 Å². The summed E-state index contributed by atoms with van der Waals surface area (Å²) in [4.78, 5) is 24.2. The zero-order chi connectivity index (χ0) is 21.7. The maximum Gasteiger partial charge on any atom is 0.264 e. The van der Waals surface area contributed by atoms with E-state index in [9.17, 15) is 22.4 Å². The number of carbonyl (C=O) groups excluding carboxylic acids is 2. The molecule has 0 saturated carbocycles. The number of carbonyl (C=O) groups is 2. The van der Waals surface area contributed by atoms with Crippen LogP contribution in [0.25, 0.3) is 0 Å². The number of anilines is 1. The first kappa shape index (κ1) is 21.5. The van der Waals surface area contributed by atoms with Crippen molar-refractivity contribution in [2.24, 2.45) is 0 Å². The molecule has 0 aromatic heterocycles. The van der Waals surface area contributed by atoms with Gasteiger partial charge in [0.05, 0.1) is 11.3 Å². The number of benzene rings is 3. The van der Waals surface area contributed by atoms with Gasteiger partial charge < -0.3 is 5.32 Å². The van der Waals surface area contributed by atoms with Gasteiger partial charge in [0, 0.05) is 16.3 Å². The van der Waals surface area contributed by atoms with E-state index in [0.29, 0.717) is 16.1 Å². The molecule has 0 aliphatic rings. The van der Waals surface area contributed by atoms with E-state index < -0.39 is 27.7 Å². The van der Waals surface area contributed by atoms with Gasteiger partial charge in [-0.2, -0.15) is 0 Å². The number of hydrogen-bond donors (Lipinski definition) is 2. The Labute approximate surface area is 177 Å². The third-order valence-corrected chi connectivity index (χ3v) is 5.63. The van der Waals surface area contributed by atoms with Gasteiger partial charge in [0.25, 0.3) is 15.9 Å². The highest BCUT2D eigenvalue weighted by Gasteiger charge is 2.19. The van der Waals surface area contributed by atoms with Crippen molar-refractivity contribution in [2.75, 3.05) is 5.32 Å². The van der Waals surface area contributed by atoms with Crippen molar-refractivity contribution in [1.82, 2.24) is 4.72 Å². The molecule has 30 heavy (non-hydrogen) atoms. The van der Waals surface area contributed by atoms with Crippen LogP contribution in [0, 0.1) is 5.82 Å². The number of amides is 2. The Morgan fingerprint density at radius 3 is 2.33 bits per heavy atom. The number of nitrogens with one attached hydrogen (secondary N) is 2. The van der Waals surface area contributed by atoms with E-state index in [1.54, 1.807) is 12.1 Å². The maximum absolute atomic E-state index is 13.2. The van der Waals surface area contributed by atoms with E-state index in [4.69, 9.17) is 11.6 Å². The summed E-state index contributed by atoms with van der Waals surface area (Å²) < 4.78 is 40.2. The third kappa shape index (κ3) is 5.65. The van der Waals surface area contributed by atoms with Crippen molar-refractivity contribution in [3.63, 3.8) is 0 Å². The standard InChI is InChI=1S/C21H16ClFN2O4S/c22-16-9-7-15(8-10-16)21(27)24-18-5-2-6-19(13-18)30(28,29)25-20(26)12-14-3-1-4-17(23)11-14/h1-11,13H,12H2,(H,24,27)(H,25,26). The van der Waals surface area contributed by atoms with Crippen LogP contribution in [0.5, 0.6) is 0 Å². The zero-order valence-corrected chi connectivity index (χ0v) is 17.0. The Morgan fingerprint density at radius 1 is 0.933 bits per heavy atom. The van der Waals surface area contributed by atoms with Gasteiger partial charge in [0.1, 0.15) is 5.82 Å². The summed E-state index contributed by atoms with van der Waals surface area (Å²) in [5, 5.41) is 3.07. The topological polar surface area (TPSA) is 92.3 Å². The minimum Gasteiger partial charge on any atom is -0.322 e. The summed E-state index contributed by atoms with van der Waals surface area (Å²) >= 11 is 5.80. The zero-order valence-electron chi connectivity index (χ0n) is 15.4. The molecular formula is C21H16ClFN2O4S. The summed E-state index contributed by atoms with van der Waals surface area (Å²) in [7, 11) is -4.18. The fourth-order valence-electron chi connectivity index (χ4n) is 2.62. The van der Waals surface area contributed by atoms with Gasteiger partial charge in [-0.05, 0) is 60.2 Å². The molecule has 3 aromatic carbocycles. The Bertz CT molecular complexity index is 1200. The van der Waals surface area contributed by atoms with Crippen molar-refractivity contribution < 1.29 is 22.4 Å². The average Bonchev–Trinajstić information content (AvgIpc) is 2.68. The lowest BCUT2D eigenvalue weighted by atomic mass is 10.1. The van der Waals surface area contributed by atoms with Crippen LogP contribution in [0.4, 0.5) is 10.1 Å². The molecule has 3 rings (SSSR count). The summed E-state index contributed by atoms with van der Waals surface area (Å²) in [5.74, 6) is -1.78. The van der Waals surface area contributed by atoms with Crippen LogP contribution in [0.2, 0.25) is 5.02 Å². The van der Waals surface area contributed by atoms with Crippen LogP contribution in [-0.2, 0) is 21.2 Å². The van der Waals surface area contributed by atoms with Crippen LogP contribution in [0.15, 0.2) is 77.7 Å². The van der Waals surface area contributed by atoms with Gasteiger partial charge in [0.15, 0.2) is 0 Å². The van der Waals surface area contributed by atoms with E-state index in [1.165, 1.54) is 54.6 Å². The molecule has 0 aliphatic heterocycles. The first-order valence-corrected chi connectivity index (χ1v) is 10.6. The molecule has 9 heteroatoms. The first-order chi connectivity index (χ1) is 14.2. The molecule has 0 spiro atoms. The highest BCUT2D eigenvalue weighted by atomic mass is 35.5. The van der Waals surface area contributed by atoms with Crippen LogP contribution in [0.3, 0.4) is 0 Å². The van der Waals surface area contributed by atoms with Gasteiger partial charge in [-0.1, -0.05) is 29.8 Å². The maximum atomic E-state index is 13.2. The molecule has 0 heterocycles. The molecule has 3 aromatic rings. The number of rotatable bonds is 6. The summed E-state index contributed by atoms with van der Waals surface area (Å²) in [6.45, 7) is 0. The smallest absolute Gasteiger partial charge is 0.264 e. The van der Waals surface area contributed by atoms with Crippen molar-refractivity contribution in [3.05, 3.63) is 94.8 Å². The Morgan fingerprint density at radius 2 is 1.63 bits per heavy atom. The van der Waals surface area contributed by atoms with Crippen molar-refractivity contribution in [1.29, 1.82) is 0 Å². The summed E-state index contributed by atoms with van der Waals surface area (Å²) in [6, 6.07) is 17.0. The van der Waals surface area contributed by atoms with Gasteiger partial charge in [0.2, 0.25) is 5.91 Å². The van der Waals surface area contributed by atoms with Crippen LogP contribution in [0.1, 0.15) is 15.9 Å². The molecule has 0 fully saturated rings. The number of halogens is 2.